The first-order valence-electron chi connectivity index (χ1n) is 15.9. The number of likely N-dealkylation sites (tertiary alicyclic amines) is 1. The largest absolute Gasteiger partial charge is 0.467 e. The van der Waals surface area contributed by atoms with Gasteiger partial charge in [-0.3, -0.25) is 9.59 Å². The van der Waals surface area contributed by atoms with Crippen LogP contribution in [0.3, 0.4) is 0 Å². The van der Waals surface area contributed by atoms with Gasteiger partial charge in [-0.25, -0.2) is 14.4 Å². The molecule has 1 aliphatic carbocycles. The van der Waals surface area contributed by atoms with Gasteiger partial charge in [-0.2, -0.15) is 0 Å². The molecule has 1 fully saturated rings. The first kappa shape index (κ1) is 37.1. The van der Waals surface area contributed by atoms with E-state index in [2.05, 4.69) is 23.8 Å². The van der Waals surface area contributed by atoms with Gasteiger partial charge in [-0.1, -0.05) is 50.8 Å². The standard InChI is InChI=1S/C35H49N3O9/c1-9-11-15-35(6,7)21-45-33(43)37-27(19-36-32(42)47-34(3,4)5)29(39)38-20-25(18-28(38)31(41)44-8)46-30(40)24-16-23-14-12-13-22(10-2)26(23)17-24/h9-10,12-14,24-25,27-28H,1-2,11,15-21H2,3-8H3,(H,36,42)(H,37,43)/t24?,25-,27+,28+/m1/s1. The van der Waals surface area contributed by atoms with Gasteiger partial charge in [-0.05, 0) is 68.6 Å². The second-order valence-corrected chi connectivity index (χ2v) is 13.8. The van der Waals surface area contributed by atoms with Gasteiger partial charge in [0.2, 0.25) is 5.91 Å². The first-order chi connectivity index (χ1) is 22.1. The lowest BCUT2D eigenvalue weighted by atomic mass is 9.89. The molecule has 0 saturated carbocycles. The number of ether oxygens (including phenoxy) is 4. The van der Waals surface area contributed by atoms with Crippen molar-refractivity contribution in [3.63, 3.8) is 0 Å². The lowest BCUT2D eigenvalue weighted by Crippen LogP contribution is -2.56. The monoisotopic (exact) mass is 655 g/mol. The van der Waals surface area contributed by atoms with Gasteiger partial charge in [0.1, 0.15) is 23.8 Å². The Balaban J connectivity index is 1.74. The molecule has 3 rings (SSSR count). The van der Waals surface area contributed by atoms with E-state index in [9.17, 15) is 24.0 Å². The molecule has 12 heteroatoms. The Morgan fingerprint density at radius 3 is 2.40 bits per heavy atom. The van der Waals surface area contributed by atoms with E-state index < -0.39 is 59.7 Å². The van der Waals surface area contributed by atoms with Gasteiger partial charge >= 0.3 is 24.1 Å². The van der Waals surface area contributed by atoms with Crippen LogP contribution in [-0.4, -0.2) is 85.5 Å². The summed E-state index contributed by atoms with van der Waals surface area (Å²) in [6.45, 7) is 16.1. The zero-order valence-corrected chi connectivity index (χ0v) is 28.4. The number of alkyl carbamates (subject to hydrolysis) is 2. The van der Waals surface area contributed by atoms with Crippen molar-refractivity contribution in [3.8, 4) is 0 Å². The molecule has 3 amide bonds. The fourth-order valence-corrected chi connectivity index (χ4v) is 5.69. The molecule has 2 aliphatic rings. The zero-order chi connectivity index (χ0) is 34.9. The van der Waals surface area contributed by atoms with Crippen LogP contribution in [-0.2, 0) is 46.2 Å². The maximum Gasteiger partial charge on any atom is 0.407 e. The molecule has 4 atom stereocenters. The lowest BCUT2D eigenvalue weighted by Gasteiger charge is -2.29. The summed E-state index contributed by atoms with van der Waals surface area (Å²) in [5, 5.41) is 5.04. The van der Waals surface area contributed by atoms with E-state index in [1.165, 1.54) is 12.0 Å². The number of rotatable bonds is 13. The first-order valence-corrected chi connectivity index (χ1v) is 15.9. The summed E-state index contributed by atoms with van der Waals surface area (Å²) in [6, 6.07) is 3.42. The van der Waals surface area contributed by atoms with Crippen molar-refractivity contribution in [2.45, 2.75) is 90.5 Å². The molecule has 258 valence electrons. The molecule has 12 nitrogen and oxygen atoms in total. The molecule has 0 bridgehead atoms. The number of amides is 3. The Labute approximate surface area is 277 Å². The van der Waals surface area contributed by atoms with E-state index in [0.717, 1.165) is 29.5 Å². The molecule has 47 heavy (non-hydrogen) atoms. The van der Waals surface area contributed by atoms with E-state index in [0.29, 0.717) is 12.8 Å². The molecule has 1 unspecified atom stereocenters. The Bertz CT molecular complexity index is 1350. The van der Waals surface area contributed by atoms with Gasteiger partial charge in [0.05, 0.1) is 32.7 Å². The summed E-state index contributed by atoms with van der Waals surface area (Å²) in [5.74, 6) is -2.23. The molecule has 1 aromatic rings. The summed E-state index contributed by atoms with van der Waals surface area (Å²) in [6.07, 6.45) is 3.55. The number of hydrogen-bond acceptors (Lipinski definition) is 9. The second-order valence-electron chi connectivity index (χ2n) is 13.8. The van der Waals surface area contributed by atoms with Gasteiger partial charge < -0.3 is 34.5 Å². The quantitative estimate of drug-likeness (QED) is 0.180. The maximum absolute atomic E-state index is 14.0. The molecule has 1 heterocycles. The number of fused-ring (bicyclic) bond motifs is 1. The van der Waals surface area contributed by atoms with E-state index >= 15 is 0 Å². The van der Waals surface area contributed by atoms with Crippen molar-refractivity contribution >= 4 is 36.1 Å². The minimum absolute atomic E-state index is 0.00980. The van der Waals surface area contributed by atoms with Crippen molar-refractivity contribution in [2.75, 3.05) is 26.8 Å². The van der Waals surface area contributed by atoms with E-state index in [1.54, 1.807) is 32.9 Å². The molecule has 0 spiro atoms. The Hall–Kier alpha value is -4.35. The third-order valence-corrected chi connectivity index (χ3v) is 8.14. The van der Waals surface area contributed by atoms with Gasteiger partial charge in [0, 0.05) is 6.42 Å². The van der Waals surface area contributed by atoms with Gasteiger partial charge in [-0.15, -0.1) is 6.58 Å². The van der Waals surface area contributed by atoms with Crippen LogP contribution >= 0.6 is 0 Å². The highest BCUT2D eigenvalue weighted by molar-refractivity contribution is 5.91. The summed E-state index contributed by atoms with van der Waals surface area (Å²) >= 11 is 0. The minimum Gasteiger partial charge on any atom is -0.467 e. The Kier molecular flexibility index (Phi) is 12.6. The molecular weight excluding hydrogens is 606 g/mol. The molecule has 1 aromatic carbocycles. The average molecular weight is 656 g/mol. The van der Waals surface area contributed by atoms with Crippen LogP contribution in [0.2, 0.25) is 0 Å². The molecule has 1 aliphatic heterocycles. The predicted octanol–water partition coefficient (Wildman–Crippen LogP) is 4.34. The average Bonchev–Trinajstić information content (AvgIpc) is 3.64. The number of carbonyl (C=O) groups excluding carboxylic acids is 5. The number of benzene rings is 1. The summed E-state index contributed by atoms with van der Waals surface area (Å²) in [4.78, 5) is 66.6. The van der Waals surface area contributed by atoms with Crippen molar-refractivity contribution in [3.05, 3.63) is 54.1 Å². The maximum atomic E-state index is 14.0. The molecule has 2 N–H and O–H groups in total. The minimum atomic E-state index is -1.34. The summed E-state index contributed by atoms with van der Waals surface area (Å²) in [5.41, 5.74) is 1.93. The molecular formula is C35H49N3O9. The van der Waals surface area contributed by atoms with Crippen molar-refractivity contribution in [1.82, 2.24) is 15.5 Å². The van der Waals surface area contributed by atoms with Crippen molar-refractivity contribution < 1.29 is 42.9 Å². The highest BCUT2D eigenvalue weighted by atomic mass is 16.6. The molecule has 1 saturated heterocycles. The van der Waals surface area contributed by atoms with E-state index in [1.807, 2.05) is 32.0 Å². The predicted molar refractivity (Wildman–Crippen MR) is 175 cm³/mol. The van der Waals surface area contributed by atoms with E-state index in [4.69, 9.17) is 18.9 Å². The van der Waals surface area contributed by atoms with Crippen LogP contribution in [0.1, 0.15) is 70.6 Å². The highest BCUT2D eigenvalue weighted by Crippen LogP contribution is 2.32. The third kappa shape index (κ3) is 10.6. The van der Waals surface area contributed by atoms with Crippen LogP contribution in [0.5, 0.6) is 0 Å². The SMILES string of the molecule is C=CCCC(C)(C)COC(=O)N[C@@H](CNC(=O)OC(C)(C)C)C(=O)N1C[C@H](OC(=O)C2Cc3cccc(C=C)c3C2)C[C@H]1C(=O)OC. The van der Waals surface area contributed by atoms with Crippen LogP contribution in [0.15, 0.2) is 37.4 Å². The second kappa shape index (κ2) is 16.0. The third-order valence-electron chi connectivity index (χ3n) is 8.14. The number of nitrogens with zero attached hydrogens (tertiary/aromatic N) is 1. The number of hydrogen-bond donors (Lipinski definition) is 2. The molecule has 0 aromatic heterocycles. The number of carbonyl (C=O) groups is 5. The topological polar surface area (TPSA) is 150 Å². The normalized spacial score (nSPS) is 19.5. The summed E-state index contributed by atoms with van der Waals surface area (Å²) in [7, 11) is 1.20. The fourth-order valence-electron chi connectivity index (χ4n) is 5.69. The zero-order valence-electron chi connectivity index (χ0n) is 28.4. The number of esters is 2. The van der Waals surface area contributed by atoms with Crippen molar-refractivity contribution in [2.24, 2.45) is 11.3 Å². The molecule has 0 radical (unpaired) electrons. The van der Waals surface area contributed by atoms with E-state index in [-0.39, 0.29) is 31.5 Å². The fraction of sp³-hybridized carbons (Fsp3) is 0.571. The van der Waals surface area contributed by atoms with Crippen LogP contribution < -0.4 is 10.6 Å². The van der Waals surface area contributed by atoms with Crippen LogP contribution in [0.25, 0.3) is 6.08 Å². The smallest absolute Gasteiger partial charge is 0.407 e. The highest BCUT2D eigenvalue weighted by Gasteiger charge is 2.45. The number of nitrogens with one attached hydrogen (secondary N) is 2. The Morgan fingerprint density at radius 1 is 1.04 bits per heavy atom. The Morgan fingerprint density at radius 2 is 1.77 bits per heavy atom. The lowest BCUT2D eigenvalue weighted by molar-refractivity contribution is -0.153. The van der Waals surface area contributed by atoms with Gasteiger partial charge in [0.15, 0.2) is 0 Å². The van der Waals surface area contributed by atoms with Crippen molar-refractivity contribution in [1.29, 1.82) is 0 Å². The number of methoxy groups -OCH3 is 1. The van der Waals surface area contributed by atoms with Crippen LogP contribution in [0, 0.1) is 11.3 Å². The van der Waals surface area contributed by atoms with Crippen LogP contribution in [0.4, 0.5) is 9.59 Å². The summed E-state index contributed by atoms with van der Waals surface area (Å²) < 4.78 is 21.5. The number of allylic oxidation sites excluding steroid dienone is 1. The van der Waals surface area contributed by atoms with Gasteiger partial charge in [0.25, 0.3) is 0 Å².